The average molecular weight is 237 g/mol. The van der Waals surface area contributed by atoms with E-state index < -0.39 is 0 Å². The summed E-state index contributed by atoms with van der Waals surface area (Å²) < 4.78 is 0. The lowest BCUT2D eigenvalue weighted by Crippen LogP contribution is -2.33. The molecule has 1 saturated carbocycles. The van der Waals surface area contributed by atoms with Crippen LogP contribution in [0.15, 0.2) is 0 Å². The molecule has 0 aromatic rings. The van der Waals surface area contributed by atoms with Crippen LogP contribution in [0.1, 0.15) is 65.2 Å². The van der Waals surface area contributed by atoms with Crippen molar-refractivity contribution < 1.29 is 4.84 Å². The zero-order valence-corrected chi connectivity index (χ0v) is 11.5. The highest BCUT2D eigenvalue weighted by Crippen LogP contribution is 2.64. The first-order valence-corrected chi connectivity index (χ1v) is 7.73. The van der Waals surface area contributed by atoms with Gasteiger partial charge in [0.15, 0.2) is 0 Å². The summed E-state index contributed by atoms with van der Waals surface area (Å²) in [7, 11) is 0. The molecule has 0 N–H and O–H groups in total. The molecule has 2 heterocycles. The van der Waals surface area contributed by atoms with E-state index in [1.54, 1.807) is 0 Å². The third-order valence-electron chi connectivity index (χ3n) is 5.39. The number of hydroxylamine groups is 2. The Morgan fingerprint density at radius 1 is 1.18 bits per heavy atom. The molecule has 0 bridgehead atoms. The van der Waals surface area contributed by atoms with Crippen LogP contribution >= 0.6 is 0 Å². The molecule has 0 amide bonds. The van der Waals surface area contributed by atoms with Crippen LogP contribution in [0.25, 0.3) is 0 Å². The Balaban J connectivity index is 1.60. The summed E-state index contributed by atoms with van der Waals surface area (Å²) in [5.74, 6) is 0.979. The normalized spacial score (nSPS) is 44.5. The van der Waals surface area contributed by atoms with Gasteiger partial charge in [-0.2, -0.15) is 5.06 Å². The van der Waals surface area contributed by atoms with Gasteiger partial charge in [0.25, 0.3) is 0 Å². The number of hydrogen-bond donors (Lipinski definition) is 0. The molecule has 1 spiro atoms. The lowest BCUT2D eigenvalue weighted by molar-refractivity contribution is -0.143. The molecule has 0 radical (unpaired) electrons. The molecule has 0 aromatic heterocycles. The SMILES string of the molecule is CCCC[C@@H]1CC[C@@H]2N1OC[C@@]21C[C@H]1CCC. The fourth-order valence-electron chi connectivity index (χ4n) is 4.32. The van der Waals surface area contributed by atoms with Crippen molar-refractivity contribution in [2.75, 3.05) is 6.61 Å². The molecule has 3 aliphatic rings. The lowest BCUT2D eigenvalue weighted by atomic mass is 9.92. The molecule has 2 nitrogen and oxygen atoms in total. The molecule has 0 unspecified atom stereocenters. The highest BCUT2D eigenvalue weighted by Gasteiger charge is 2.65. The predicted molar refractivity (Wildman–Crippen MR) is 69.6 cm³/mol. The van der Waals surface area contributed by atoms with Gasteiger partial charge in [0.1, 0.15) is 0 Å². The van der Waals surface area contributed by atoms with E-state index in [0.29, 0.717) is 5.41 Å². The summed E-state index contributed by atoms with van der Waals surface area (Å²) in [4.78, 5) is 6.07. The Morgan fingerprint density at radius 2 is 2.06 bits per heavy atom. The van der Waals surface area contributed by atoms with Crippen molar-refractivity contribution in [3.05, 3.63) is 0 Å². The monoisotopic (exact) mass is 237 g/mol. The van der Waals surface area contributed by atoms with E-state index in [9.17, 15) is 0 Å². The molecule has 2 heteroatoms. The second-order valence-corrected chi connectivity index (χ2v) is 6.45. The van der Waals surface area contributed by atoms with E-state index in [2.05, 4.69) is 18.9 Å². The molecule has 3 rings (SSSR count). The van der Waals surface area contributed by atoms with Crippen LogP contribution in [0.2, 0.25) is 0 Å². The van der Waals surface area contributed by atoms with Gasteiger partial charge in [-0.15, -0.1) is 0 Å². The van der Waals surface area contributed by atoms with E-state index in [0.717, 1.165) is 24.6 Å². The van der Waals surface area contributed by atoms with Crippen molar-refractivity contribution in [2.45, 2.75) is 77.3 Å². The summed E-state index contributed by atoms with van der Waals surface area (Å²) in [5, 5.41) is 2.42. The molecule has 4 atom stereocenters. The quantitative estimate of drug-likeness (QED) is 0.722. The van der Waals surface area contributed by atoms with Crippen molar-refractivity contribution in [3.63, 3.8) is 0 Å². The van der Waals surface area contributed by atoms with Crippen molar-refractivity contribution in [2.24, 2.45) is 11.3 Å². The summed E-state index contributed by atoms with van der Waals surface area (Å²) in [6.07, 6.45) is 11.0. The summed E-state index contributed by atoms with van der Waals surface area (Å²) in [6, 6.07) is 1.52. The van der Waals surface area contributed by atoms with Crippen LogP contribution in [0, 0.1) is 11.3 Å². The fraction of sp³-hybridized carbons (Fsp3) is 1.00. The third kappa shape index (κ3) is 1.84. The van der Waals surface area contributed by atoms with E-state index in [1.165, 1.54) is 51.4 Å². The number of hydrogen-bond acceptors (Lipinski definition) is 2. The van der Waals surface area contributed by atoms with Gasteiger partial charge in [-0.3, -0.25) is 4.84 Å². The summed E-state index contributed by atoms with van der Waals surface area (Å²) in [6.45, 7) is 5.64. The second kappa shape index (κ2) is 4.55. The first-order chi connectivity index (χ1) is 8.31. The number of rotatable bonds is 5. The molecule has 3 fully saturated rings. The minimum absolute atomic E-state index is 0.594. The largest absolute Gasteiger partial charge is 0.298 e. The molecular weight excluding hydrogens is 210 g/mol. The Bertz CT molecular complexity index is 280. The van der Waals surface area contributed by atoms with Crippen molar-refractivity contribution in [1.82, 2.24) is 5.06 Å². The highest BCUT2D eigenvalue weighted by atomic mass is 16.7. The van der Waals surface area contributed by atoms with Crippen LogP contribution in [0.5, 0.6) is 0 Å². The van der Waals surface area contributed by atoms with E-state index >= 15 is 0 Å². The van der Waals surface area contributed by atoms with Gasteiger partial charge in [0.2, 0.25) is 0 Å². The van der Waals surface area contributed by atoms with Gasteiger partial charge in [0, 0.05) is 17.5 Å². The molecule has 2 saturated heterocycles. The van der Waals surface area contributed by atoms with Crippen LogP contribution in [0.3, 0.4) is 0 Å². The van der Waals surface area contributed by atoms with Gasteiger partial charge in [-0.05, 0) is 31.6 Å². The predicted octanol–water partition coefficient (Wildman–Crippen LogP) is 3.76. The first-order valence-electron chi connectivity index (χ1n) is 7.73. The van der Waals surface area contributed by atoms with Crippen molar-refractivity contribution >= 4 is 0 Å². The van der Waals surface area contributed by atoms with E-state index in [1.807, 2.05) is 0 Å². The van der Waals surface area contributed by atoms with Crippen LogP contribution in [-0.2, 0) is 4.84 Å². The Labute approximate surface area is 106 Å². The Kier molecular flexibility index (Phi) is 3.20. The molecular formula is C15H27NO. The smallest absolute Gasteiger partial charge is 0.0760 e. The lowest BCUT2D eigenvalue weighted by Gasteiger charge is -2.23. The van der Waals surface area contributed by atoms with Crippen molar-refractivity contribution in [1.29, 1.82) is 0 Å². The van der Waals surface area contributed by atoms with Crippen LogP contribution in [-0.4, -0.2) is 23.8 Å². The fourth-order valence-corrected chi connectivity index (χ4v) is 4.32. The molecule has 0 aromatic carbocycles. The number of unbranched alkanes of at least 4 members (excludes halogenated alkanes) is 1. The van der Waals surface area contributed by atoms with Gasteiger partial charge in [0.05, 0.1) is 6.61 Å². The zero-order chi connectivity index (χ0) is 11.9. The molecule has 17 heavy (non-hydrogen) atoms. The second-order valence-electron chi connectivity index (χ2n) is 6.45. The standard InChI is InChI=1S/C15H27NO/c1-3-5-7-13-8-9-14-15(11-17-16(13)14)10-12(15)6-4-2/h12-14H,3-11H2,1-2H3/t12-,13-,14+,15-/m1/s1. The van der Waals surface area contributed by atoms with Gasteiger partial charge >= 0.3 is 0 Å². The van der Waals surface area contributed by atoms with Crippen molar-refractivity contribution in [3.8, 4) is 0 Å². The van der Waals surface area contributed by atoms with Crippen LogP contribution in [0.4, 0.5) is 0 Å². The number of fused-ring (bicyclic) bond motifs is 2. The van der Waals surface area contributed by atoms with Gasteiger partial charge in [-0.1, -0.05) is 39.5 Å². The van der Waals surface area contributed by atoms with Gasteiger partial charge < -0.3 is 0 Å². The van der Waals surface area contributed by atoms with E-state index in [4.69, 9.17) is 4.84 Å². The first kappa shape index (κ1) is 12.0. The summed E-state index contributed by atoms with van der Waals surface area (Å²) in [5.41, 5.74) is 0.594. The van der Waals surface area contributed by atoms with Gasteiger partial charge in [-0.25, -0.2) is 0 Å². The molecule has 98 valence electrons. The third-order valence-corrected chi connectivity index (χ3v) is 5.39. The molecule has 1 aliphatic carbocycles. The van der Waals surface area contributed by atoms with Crippen LogP contribution < -0.4 is 0 Å². The number of nitrogens with zero attached hydrogens (tertiary/aromatic N) is 1. The zero-order valence-electron chi connectivity index (χ0n) is 11.5. The highest BCUT2D eigenvalue weighted by molar-refractivity contribution is 5.13. The molecule has 2 aliphatic heterocycles. The minimum atomic E-state index is 0.594. The Hall–Kier alpha value is -0.0800. The topological polar surface area (TPSA) is 12.5 Å². The minimum Gasteiger partial charge on any atom is -0.298 e. The average Bonchev–Trinajstić information content (AvgIpc) is 2.71. The maximum Gasteiger partial charge on any atom is 0.0760 e. The maximum absolute atomic E-state index is 6.07. The summed E-state index contributed by atoms with van der Waals surface area (Å²) >= 11 is 0. The van der Waals surface area contributed by atoms with E-state index in [-0.39, 0.29) is 0 Å². The maximum atomic E-state index is 6.07. The Morgan fingerprint density at radius 3 is 2.82 bits per heavy atom.